The van der Waals surface area contributed by atoms with Gasteiger partial charge in [0.1, 0.15) is 12.3 Å². The summed E-state index contributed by atoms with van der Waals surface area (Å²) in [5, 5.41) is 8.42. The molecule has 0 unspecified atom stereocenters. The standard InChI is InChI=1S/C20H24ClF2N5O2/c1-3-27(17-12-28(25-19(17)21)16-5-4-8-24-11-16)18(29)7-6-14(2)26-30-13-15-9-20(22,23)10-15/h4-5,8,11-12,15H,3,6-7,9-10,13H2,1-2H3. The maximum absolute atomic E-state index is 12.8. The predicted molar refractivity (Wildman–Crippen MR) is 110 cm³/mol. The highest BCUT2D eigenvalue weighted by Gasteiger charge is 2.45. The number of hydrogen-bond donors (Lipinski definition) is 0. The monoisotopic (exact) mass is 439 g/mol. The lowest BCUT2D eigenvalue weighted by atomic mass is 9.82. The van der Waals surface area contributed by atoms with Gasteiger partial charge in [0.2, 0.25) is 11.8 Å². The summed E-state index contributed by atoms with van der Waals surface area (Å²) in [7, 11) is 0. The van der Waals surface area contributed by atoms with Crippen molar-refractivity contribution in [2.24, 2.45) is 11.1 Å². The molecule has 0 bridgehead atoms. The minimum atomic E-state index is -2.56. The van der Waals surface area contributed by atoms with E-state index in [2.05, 4.69) is 15.2 Å². The number of alkyl halides is 2. The summed E-state index contributed by atoms with van der Waals surface area (Å²) in [5.41, 5.74) is 1.88. The van der Waals surface area contributed by atoms with Gasteiger partial charge in [-0.25, -0.2) is 13.5 Å². The number of rotatable bonds is 9. The topological polar surface area (TPSA) is 72.6 Å². The van der Waals surface area contributed by atoms with Crippen LogP contribution in [0.25, 0.3) is 5.69 Å². The highest BCUT2D eigenvalue weighted by atomic mass is 35.5. The van der Waals surface area contributed by atoms with E-state index in [0.717, 1.165) is 5.69 Å². The van der Waals surface area contributed by atoms with Crippen LogP contribution in [0.5, 0.6) is 0 Å². The molecule has 1 saturated carbocycles. The van der Waals surface area contributed by atoms with Crippen LogP contribution in [0.3, 0.4) is 0 Å². The minimum absolute atomic E-state index is 0.127. The molecule has 162 valence electrons. The van der Waals surface area contributed by atoms with Crippen molar-refractivity contribution in [2.75, 3.05) is 18.1 Å². The Labute approximate surface area is 178 Å². The van der Waals surface area contributed by atoms with Crippen molar-refractivity contribution in [3.8, 4) is 5.69 Å². The molecule has 0 atom stereocenters. The van der Waals surface area contributed by atoms with Crippen LogP contribution in [0.2, 0.25) is 5.15 Å². The molecule has 7 nitrogen and oxygen atoms in total. The van der Waals surface area contributed by atoms with E-state index in [-0.39, 0.29) is 42.8 Å². The molecule has 30 heavy (non-hydrogen) atoms. The first-order chi connectivity index (χ1) is 14.3. The van der Waals surface area contributed by atoms with Crippen molar-refractivity contribution in [1.29, 1.82) is 0 Å². The third kappa shape index (κ3) is 5.53. The van der Waals surface area contributed by atoms with Crippen molar-refractivity contribution in [2.45, 2.75) is 45.5 Å². The maximum Gasteiger partial charge on any atom is 0.248 e. The average Bonchev–Trinajstić information content (AvgIpc) is 3.08. The van der Waals surface area contributed by atoms with Crippen LogP contribution in [-0.2, 0) is 9.63 Å². The predicted octanol–water partition coefficient (Wildman–Crippen LogP) is 4.49. The molecule has 0 spiro atoms. The van der Waals surface area contributed by atoms with Crippen molar-refractivity contribution in [1.82, 2.24) is 14.8 Å². The van der Waals surface area contributed by atoms with E-state index in [1.165, 1.54) is 0 Å². The number of aromatic nitrogens is 3. The molecule has 0 radical (unpaired) electrons. The Kier molecular flexibility index (Phi) is 7.02. The van der Waals surface area contributed by atoms with Gasteiger partial charge in [0.15, 0.2) is 5.15 Å². The van der Waals surface area contributed by atoms with Gasteiger partial charge in [-0.1, -0.05) is 16.8 Å². The zero-order valence-corrected chi connectivity index (χ0v) is 17.6. The molecule has 1 aliphatic carbocycles. The Hall–Kier alpha value is -2.55. The Bertz CT molecular complexity index is 896. The fourth-order valence-corrected chi connectivity index (χ4v) is 3.48. The minimum Gasteiger partial charge on any atom is -0.396 e. The summed E-state index contributed by atoms with van der Waals surface area (Å²) in [5.74, 6) is -2.85. The molecule has 2 aromatic heterocycles. The zero-order valence-electron chi connectivity index (χ0n) is 16.9. The number of nitrogens with zero attached hydrogens (tertiary/aromatic N) is 5. The van der Waals surface area contributed by atoms with E-state index in [9.17, 15) is 13.6 Å². The first kappa shape index (κ1) is 22.1. The molecule has 3 rings (SSSR count). The van der Waals surface area contributed by atoms with E-state index >= 15 is 0 Å². The summed E-state index contributed by atoms with van der Waals surface area (Å²) in [6.07, 6.45) is 5.30. The van der Waals surface area contributed by atoms with Crippen LogP contribution >= 0.6 is 11.6 Å². The van der Waals surface area contributed by atoms with Gasteiger partial charge >= 0.3 is 0 Å². The molecule has 2 heterocycles. The summed E-state index contributed by atoms with van der Waals surface area (Å²) in [4.78, 5) is 23.5. The number of pyridine rings is 1. The van der Waals surface area contributed by atoms with Gasteiger partial charge in [-0.2, -0.15) is 5.10 Å². The molecular weight excluding hydrogens is 416 g/mol. The van der Waals surface area contributed by atoms with Crippen molar-refractivity contribution in [3.05, 3.63) is 35.9 Å². The number of anilines is 1. The Morgan fingerprint density at radius 2 is 2.20 bits per heavy atom. The van der Waals surface area contributed by atoms with Crippen LogP contribution in [0, 0.1) is 5.92 Å². The van der Waals surface area contributed by atoms with E-state index in [4.69, 9.17) is 16.4 Å². The largest absolute Gasteiger partial charge is 0.396 e. The van der Waals surface area contributed by atoms with Gasteiger partial charge < -0.3 is 9.74 Å². The summed E-state index contributed by atoms with van der Waals surface area (Å²) in [6.45, 7) is 4.20. The molecule has 1 fully saturated rings. The normalized spacial score (nSPS) is 16.2. The third-order valence-corrected chi connectivity index (χ3v) is 5.15. The van der Waals surface area contributed by atoms with Gasteiger partial charge in [-0.05, 0) is 32.4 Å². The van der Waals surface area contributed by atoms with E-state index in [0.29, 0.717) is 24.4 Å². The third-order valence-electron chi connectivity index (χ3n) is 4.88. The molecule has 1 amide bonds. The zero-order chi connectivity index (χ0) is 21.7. The van der Waals surface area contributed by atoms with Crippen LogP contribution < -0.4 is 4.90 Å². The Balaban J connectivity index is 1.53. The lowest BCUT2D eigenvalue weighted by Crippen LogP contribution is -2.37. The maximum atomic E-state index is 12.8. The van der Waals surface area contributed by atoms with E-state index in [1.807, 2.05) is 13.0 Å². The second kappa shape index (κ2) is 9.51. The second-order valence-corrected chi connectivity index (χ2v) is 7.71. The first-order valence-electron chi connectivity index (χ1n) is 9.78. The van der Waals surface area contributed by atoms with Gasteiger partial charge in [0.25, 0.3) is 0 Å². The quantitative estimate of drug-likeness (QED) is 0.426. The molecule has 2 aromatic rings. The number of hydrogen-bond acceptors (Lipinski definition) is 5. The van der Waals surface area contributed by atoms with Gasteiger partial charge in [0, 0.05) is 37.9 Å². The lowest BCUT2D eigenvalue weighted by Gasteiger charge is -2.33. The fraction of sp³-hybridized carbons (Fsp3) is 0.500. The average molecular weight is 440 g/mol. The molecule has 0 aromatic carbocycles. The SMILES string of the molecule is CCN(C(=O)CCC(C)=NOCC1CC(F)(F)C1)c1cn(-c2cccnc2)nc1Cl. The first-order valence-corrected chi connectivity index (χ1v) is 10.2. The number of carbonyl (C=O) groups excluding carboxylic acids is 1. The number of amides is 1. The molecular formula is C20H24ClF2N5O2. The van der Waals surface area contributed by atoms with Crippen LogP contribution in [0.15, 0.2) is 35.9 Å². The highest BCUT2D eigenvalue weighted by Crippen LogP contribution is 2.42. The Morgan fingerprint density at radius 3 is 2.83 bits per heavy atom. The van der Waals surface area contributed by atoms with Gasteiger partial charge in [0.05, 0.1) is 23.8 Å². The van der Waals surface area contributed by atoms with E-state index < -0.39 is 5.92 Å². The summed E-state index contributed by atoms with van der Waals surface area (Å²) in [6, 6.07) is 3.62. The van der Waals surface area contributed by atoms with Gasteiger partial charge in [-0.15, -0.1) is 0 Å². The van der Waals surface area contributed by atoms with E-state index in [1.54, 1.807) is 41.2 Å². The molecule has 0 aliphatic heterocycles. The smallest absolute Gasteiger partial charge is 0.248 e. The molecule has 0 N–H and O–H groups in total. The summed E-state index contributed by atoms with van der Waals surface area (Å²) < 4.78 is 27.2. The number of halogens is 3. The van der Waals surface area contributed by atoms with Crippen LogP contribution in [0.4, 0.5) is 14.5 Å². The molecule has 0 saturated heterocycles. The second-order valence-electron chi connectivity index (χ2n) is 7.35. The Morgan fingerprint density at radius 1 is 1.43 bits per heavy atom. The number of carbonyl (C=O) groups is 1. The van der Waals surface area contributed by atoms with Crippen molar-refractivity contribution >= 4 is 28.9 Å². The van der Waals surface area contributed by atoms with Crippen molar-refractivity contribution < 1.29 is 18.4 Å². The van der Waals surface area contributed by atoms with Crippen LogP contribution in [0.1, 0.15) is 39.5 Å². The lowest BCUT2D eigenvalue weighted by molar-refractivity contribution is -0.128. The van der Waals surface area contributed by atoms with Crippen LogP contribution in [-0.4, -0.2) is 45.5 Å². The summed E-state index contributed by atoms with van der Waals surface area (Å²) >= 11 is 6.27. The molecule has 10 heteroatoms. The van der Waals surface area contributed by atoms with Gasteiger partial charge in [-0.3, -0.25) is 9.78 Å². The van der Waals surface area contributed by atoms with Crippen molar-refractivity contribution in [3.63, 3.8) is 0 Å². The fourth-order valence-electron chi connectivity index (χ4n) is 3.25. The highest BCUT2D eigenvalue weighted by molar-refractivity contribution is 6.32. The molecule has 1 aliphatic rings. The number of oxime groups is 1.